The van der Waals surface area contributed by atoms with E-state index in [2.05, 4.69) is 10.1 Å². The Hall–Kier alpha value is -3.35. The van der Waals surface area contributed by atoms with E-state index in [9.17, 15) is 14.4 Å². The zero-order chi connectivity index (χ0) is 20.0. The number of rotatable bonds is 6. The van der Waals surface area contributed by atoms with Crippen LogP contribution >= 0.6 is 0 Å². The molecule has 1 N–H and O–H groups in total. The number of methoxy groups -OCH3 is 2. The molecule has 0 aliphatic heterocycles. The van der Waals surface area contributed by atoms with Crippen LogP contribution in [-0.4, -0.2) is 38.2 Å². The molecule has 2 aromatic rings. The van der Waals surface area contributed by atoms with E-state index in [0.717, 1.165) is 5.56 Å². The number of carbonyl (C=O) groups excluding carboxylic acids is 3. The van der Waals surface area contributed by atoms with E-state index in [-0.39, 0.29) is 16.8 Å². The van der Waals surface area contributed by atoms with Crippen LogP contribution in [0, 0.1) is 6.92 Å². The van der Waals surface area contributed by atoms with Crippen LogP contribution in [0.5, 0.6) is 5.75 Å². The van der Waals surface area contributed by atoms with E-state index in [1.165, 1.54) is 32.4 Å². The zero-order valence-corrected chi connectivity index (χ0v) is 15.6. The standard InChI is InChI=1S/C20H21NO6/c1-12-5-8-15(9-6-12)27-13(2)18(22)21-17-11-14(19(23)25-3)7-10-16(17)20(24)26-4/h5-11,13H,1-4H3,(H,21,22)/t13-/m0/s1. The molecule has 1 atom stereocenters. The molecule has 0 heterocycles. The average Bonchev–Trinajstić information content (AvgIpc) is 2.68. The number of aryl methyl sites for hydroxylation is 1. The number of amides is 1. The SMILES string of the molecule is COC(=O)c1ccc(C(=O)OC)c(NC(=O)[C@H](C)Oc2ccc(C)cc2)c1. The van der Waals surface area contributed by atoms with Gasteiger partial charge in [0.1, 0.15) is 5.75 Å². The van der Waals surface area contributed by atoms with E-state index in [1.54, 1.807) is 19.1 Å². The van der Waals surface area contributed by atoms with Gasteiger partial charge < -0.3 is 19.5 Å². The van der Waals surface area contributed by atoms with Gasteiger partial charge >= 0.3 is 11.9 Å². The second-order valence-corrected chi connectivity index (χ2v) is 5.81. The van der Waals surface area contributed by atoms with Crippen molar-refractivity contribution in [1.29, 1.82) is 0 Å². The molecule has 7 nitrogen and oxygen atoms in total. The number of esters is 2. The van der Waals surface area contributed by atoms with E-state index in [1.807, 2.05) is 19.1 Å². The van der Waals surface area contributed by atoms with Gasteiger partial charge in [0, 0.05) is 0 Å². The quantitative estimate of drug-likeness (QED) is 0.785. The predicted molar refractivity (Wildman–Crippen MR) is 99.0 cm³/mol. The molecule has 0 saturated heterocycles. The number of hydrogen-bond acceptors (Lipinski definition) is 6. The maximum Gasteiger partial charge on any atom is 0.339 e. The number of anilines is 1. The van der Waals surface area contributed by atoms with E-state index < -0.39 is 23.9 Å². The molecule has 142 valence electrons. The van der Waals surface area contributed by atoms with Gasteiger partial charge in [-0.3, -0.25) is 4.79 Å². The minimum absolute atomic E-state index is 0.112. The third kappa shape index (κ3) is 5.07. The number of ether oxygens (including phenoxy) is 3. The first-order chi connectivity index (χ1) is 12.8. The molecule has 2 aromatic carbocycles. The fourth-order valence-electron chi connectivity index (χ4n) is 2.29. The lowest BCUT2D eigenvalue weighted by Gasteiger charge is -2.16. The molecule has 0 saturated carbocycles. The first-order valence-electron chi connectivity index (χ1n) is 8.20. The van der Waals surface area contributed by atoms with E-state index >= 15 is 0 Å². The van der Waals surface area contributed by atoms with Gasteiger partial charge in [0.05, 0.1) is 31.0 Å². The normalized spacial score (nSPS) is 11.3. The van der Waals surface area contributed by atoms with E-state index in [0.29, 0.717) is 5.75 Å². The molecule has 2 rings (SSSR count). The second-order valence-electron chi connectivity index (χ2n) is 5.81. The first-order valence-corrected chi connectivity index (χ1v) is 8.20. The molecule has 0 radical (unpaired) electrons. The van der Waals surface area contributed by atoms with Gasteiger partial charge in [-0.05, 0) is 44.2 Å². The summed E-state index contributed by atoms with van der Waals surface area (Å²) in [5, 5.41) is 2.60. The van der Waals surface area contributed by atoms with Crippen LogP contribution < -0.4 is 10.1 Å². The molecule has 0 aromatic heterocycles. The molecule has 0 aliphatic carbocycles. The van der Waals surface area contributed by atoms with Crippen molar-refractivity contribution in [2.45, 2.75) is 20.0 Å². The molecule has 0 spiro atoms. The largest absolute Gasteiger partial charge is 0.481 e. The Morgan fingerprint density at radius 1 is 0.926 bits per heavy atom. The summed E-state index contributed by atoms with van der Waals surface area (Å²) in [6, 6.07) is 11.4. The maximum absolute atomic E-state index is 12.5. The van der Waals surface area contributed by atoms with Crippen LogP contribution in [0.3, 0.4) is 0 Å². The lowest BCUT2D eigenvalue weighted by Crippen LogP contribution is -2.31. The third-order valence-electron chi connectivity index (χ3n) is 3.81. The van der Waals surface area contributed by atoms with Crippen LogP contribution in [0.1, 0.15) is 33.2 Å². The summed E-state index contributed by atoms with van der Waals surface area (Å²) in [4.78, 5) is 36.2. The van der Waals surface area contributed by atoms with Crippen molar-refractivity contribution in [3.8, 4) is 5.75 Å². The van der Waals surface area contributed by atoms with Gasteiger partial charge in [-0.25, -0.2) is 9.59 Å². The molecular weight excluding hydrogens is 350 g/mol. The summed E-state index contributed by atoms with van der Waals surface area (Å²) in [5.74, 6) is -1.18. The van der Waals surface area contributed by atoms with Gasteiger partial charge in [0.15, 0.2) is 6.10 Å². The van der Waals surface area contributed by atoms with Crippen LogP contribution in [0.4, 0.5) is 5.69 Å². The van der Waals surface area contributed by atoms with Gasteiger partial charge in [0.25, 0.3) is 5.91 Å². The smallest absolute Gasteiger partial charge is 0.339 e. The Morgan fingerprint density at radius 3 is 2.15 bits per heavy atom. The molecule has 1 amide bonds. The second kappa shape index (κ2) is 8.84. The third-order valence-corrected chi connectivity index (χ3v) is 3.81. The van der Waals surface area contributed by atoms with Crippen LogP contribution in [0.25, 0.3) is 0 Å². The lowest BCUT2D eigenvalue weighted by atomic mass is 10.1. The Labute approximate surface area is 157 Å². The lowest BCUT2D eigenvalue weighted by molar-refractivity contribution is -0.122. The van der Waals surface area contributed by atoms with Crippen molar-refractivity contribution in [2.75, 3.05) is 19.5 Å². The summed E-state index contributed by atoms with van der Waals surface area (Å²) in [7, 11) is 2.47. The first kappa shape index (κ1) is 20.0. The van der Waals surface area contributed by atoms with Crippen molar-refractivity contribution in [3.05, 3.63) is 59.2 Å². The summed E-state index contributed by atoms with van der Waals surface area (Å²) in [6.07, 6.45) is -0.833. The highest BCUT2D eigenvalue weighted by Gasteiger charge is 2.21. The fraction of sp³-hybridized carbons (Fsp3) is 0.250. The van der Waals surface area contributed by atoms with Gasteiger partial charge in [0.2, 0.25) is 0 Å². The van der Waals surface area contributed by atoms with Gasteiger partial charge in [-0.2, -0.15) is 0 Å². The van der Waals surface area contributed by atoms with Crippen LogP contribution in [0.2, 0.25) is 0 Å². The van der Waals surface area contributed by atoms with Crippen molar-refractivity contribution >= 4 is 23.5 Å². The summed E-state index contributed by atoms with van der Waals surface area (Å²) in [6.45, 7) is 3.53. The topological polar surface area (TPSA) is 90.9 Å². The summed E-state index contributed by atoms with van der Waals surface area (Å²) in [5.41, 5.74) is 1.50. The van der Waals surface area contributed by atoms with Crippen molar-refractivity contribution in [1.82, 2.24) is 0 Å². The Balaban J connectivity index is 2.22. The van der Waals surface area contributed by atoms with Crippen LogP contribution in [0.15, 0.2) is 42.5 Å². The molecule has 27 heavy (non-hydrogen) atoms. The molecular formula is C20H21NO6. The van der Waals surface area contributed by atoms with Crippen molar-refractivity contribution in [2.24, 2.45) is 0 Å². The molecule has 0 unspecified atom stereocenters. The van der Waals surface area contributed by atoms with Gasteiger partial charge in [-0.15, -0.1) is 0 Å². The average molecular weight is 371 g/mol. The number of hydrogen-bond donors (Lipinski definition) is 1. The molecule has 0 fully saturated rings. The maximum atomic E-state index is 12.5. The highest BCUT2D eigenvalue weighted by atomic mass is 16.5. The number of nitrogens with one attached hydrogen (secondary N) is 1. The fourth-order valence-corrected chi connectivity index (χ4v) is 2.29. The Kier molecular flexibility index (Phi) is 6.54. The molecule has 7 heteroatoms. The molecule has 0 aliphatic rings. The Bertz CT molecular complexity index is 844. The number of benzene rings is 2. The van der Waals surface area contributed by atoms with Gasteiger partial charge in [-0.1, -0.05) is 17.7 Å². The Morgan fingerprint density at radius 2 is 1.56 bits per heavy atom. The highest BCUT2D eigenvalue weighted by Crippen LogP contribution is 2.21. The van der Waals surface area contributed by atoms with Crippen molar-refractivity contribution in [3.63, 3.8) is 0 Å². The van der Waals surface area contributed by atoms with E-state index in [4.69, 9.17) is 9.47 Å². The minimum Gasteiger partial charge on any atom is -0.481 e. The summed E-state index contributed by atoms with van der Waals surface area (Å²) >= 11 is 0. The highest BCUT2D eigenvalue weighted by molar-refractivity contribution is 6.04. The summed E-state index contributed by atoms with van der Waals surface area (Å²) < 4.78 is 15.0. The molecule has 0 bridgehead atoms. The van der Waals surface area contributed by atoms with Crippen LogP contribution in [-0.2, 0) is 14.3 Å². The zero-order valence-electron chi connectivity index (χ0n) is 15.6. The number of carbonyl (C=O) groups is 3. The minimum atomic E-state index is -0.833. The predicted octanol–water partition coefficient (Wildman–Crippen LogP) is 2.97. The van der Waals surface area contributed by atoms with Crippen molar-refractivity contribution < 1.29 is 28.6 Å². The monoisotopic (exact) mass is 371 g/mol.